The van der Waals surface area contributed by atoms with Gasteiger partial charge in [-0.3, -0.25) is 9.59 Å². The van der Waals surface area contributed by atoms with Crippen LogP contribution in [0.1, 0.15) is 71.1 Å². The van der Waals surface area contributed by atoms with Crippen molar-refractivity contribution in [2.24, 2.45) is 23.7 Å². The summed E-state index contributed by atoms with van der Waals surface area (Å²) < 4.78 is 28.4. The highest BCUT2D eigenvalue weighted by atomic mass is 16.5. The van der Waals surface area contributed by atoms with Gasteiger partial charge < -0.3 is 28.4 Å². The van der Waals surface area contributed by atoms with Crippen molar-refractivity contribution in [3.63, 3.8) is 0 Å². The van der Waals surface area contributed by atoms with E-state index in [2.05, 4.69) is 10.1 Å². The third-order valence-corrected chi connectivity index (χ3v) is 9.10. The maximum atomic E-state index is 11.8. The first kappa shape index (κ1) is 28.7. The van der Waals surface area contributed by atoms with Crippen LogP contribution in [0.25, 0.3) is 11.0 Å². The Morgan fingerprint density at radius 2 is 1.62 bits per heavy atom. The number of aromatic nitrogens is 1. The van der Waals surface area contributed by atoms with Gasteiger partial charge in [-0.2, -0.15) is 0 Å². The Kier molecular flexibility index (Phi) is 9.83. The van der Waals surface area contributed by atoms with Crippen LogP contribution < -0.4 is 9.47 Å². The fourth-order valence-electron chi connectivity index (χ4n) is 6.61. The molecule has 2 aliphatic carbocycles. The lowest BCUT2D eigenvalue weighted by Gasteiger charge is -2.36. The normalized spacial score (nSPS) is 26.4. The van der Waals surface area contributed by atoms with Gasteiger partial charge in [0.05, 0.1) is 32.3 Å². The van der Waals surface area contributed by atoms with Gasteiger partial charge in [-0.1, -0.05) is 6.07 Å². The summed E-state index contributed by atoms with van der Waals surface area (Å²) in [5.41, 5.74) is 0.674. The number of methoxy groups -OCH3 is 1. The minimum Gasteiger partial charge on any atom is -0.489 e. The number of esters is 2. The van der Waals surface area contributed by atoms with E-state index in [1.165, 1.54) is 14.0 Å². The summed E-state index contributed by atoms with van der Waals surface area (Å²) in [4.78, 5) is 25.5. The zero-order valence-corrected chi connectivity index (χ0v) is 24.0. The molecule has 0 unspecified atom stereocenters. The summed E-state index contributed by atoms with van der Waals surface area (Å²) in [5, 5.41) is 5.04. The van der Waals surface area contributed by atoms with Crippen LogP contribution in [0.15, 0.2) is 22.7 Å². The number of rotatable bonds is 10. The van der Waals surface area contributed by atoms with E-state index in [1.807, 2.05) is 18.2 Å². The smallest absolute Gasteiger partial charge is 0.308 e. The number of hydrogen-bond acceptors (Lipinski definition) is 9. The first-order valence-electron chi connectivity index (χ1n) is 15.1. The third-order valence-electron chi connectivity index (χ3n) is 9.10. The number of hydrogen-bond donors (Lipinski definition) is 0. The maximum Gasteiger partial charge on any atom is 0.308 e. The van der Waals surface area contributed by atoms with Crippen molar-refractivity contribution in [2.75, 3.05) is 40.0 Å². The van der Waals surface area contributed by atoms with Crippen molar-refractivity contribution >= 4 is 22.9 Å². The second kappa shape index (κ2) is 13.7. The number of carbonyl (C=O) groups excluding carboxylic acids is 2. The van der Waals surface area contributed by atoms with E-state index in [0.717, 1.165) is 95.0 Å². The van der Waals surface area contributed by atoms with E-state index in [0.29, 0.717) is 42.4 Å². The molecule has 2 saturated carbocycles. The molecule has 2 heterocycles. The highest BCUT2D eigenvalue weighted by Crippen LogP contribution is 2.37. The van der Waals surface area contributed by atoms with Gasteiger partial charge in [0.1, 0.15) is 11.1 Å². The second-order valence-electron chi connectivity index (χ2n) is 12.0. The average Bonchev–Trinajstić information content (AvgIpc) is 3.40. The minimum absolute atomic E-state index is 0.0435. The highest BCUT2D eigenvalue weighted by molar-refractivity contribution is 5.88. The number of likely N-dealkylation sites (tertiary alicyclic amines) is 1. The molecule has 0 bridgehead atoms. The molecule has 0 atom stereocenters. The molecule has 0 amide bonds. The number of nitrogens with zero attached hydrogens (tertiary/aromatic N) is 2. The third kappa shape index (κ3) is 7.47. The molecular weight excluding hydrogens is 512 g/mol. The van der Waals surface area contributed by atoms with Crippen molar-refractivity contribution in [3.8, 4) is 11.6 Å². The number of fused-ring (bicyclic) bond motifs is 1. The van der Waals surface area contributed by atoms with Gasteiger partial charge in [-0.15, -0.1) is 0 Å². The van der Waals surface area contributed by atoms with Gasteiger partial charge in [0.15, 0.2) is 5.58 Å². The van der Waals surface area contributed by atoms with Crippen molar-refractivity contribution in [2.45, 2.75) is 77.2 Å². The summed E-state index contributed by atoms with van der Waals surface area (Å²) in [7, 11) is 1.49. The Labute approximate surface area is 236 Å². The van der Waals surface area contributed by atoms with Gasteiger partial charge in [-0.05, 0) is 112 Å². The van der Waals surface area contributed by atoms with Gasteiger partial charge in [-0.25, -0.2) is 0 Å². The van der Waals surface area contributed by atoms with Gasteiger partial charge in [0.25, 0.3) is 5.88 Å². The molecular formula is C31H44N2O7. The Bertz CT molecular complexity index is 1110. The Morgan fingerprint density at radius 1 is 0.925 bits per heavy atom. The number of ether oxygens (including phenoxy) is 4. The average molecular weight is 557 g/mol. The van der Waals surface area contributed by atoms with Crippen molar-refractivity contribution in [1.82, 2.24) is 10.1 Å². The summed E-state index contributed by atoms with van der Waals surface area (Å²) in [6.07, 6.45) is 10.3. The molecule has 1 aliphatic heterocycles. The van der Waals surface area contributed by atoms with Crippen LogP contribution in [0.3, 0.4) is 0 Å². The molecule has 3 aliphatic rings. The molecule has 1 aromatic carbocycles. The molecule has 220 valence electrons. The topological polar surface area (TPSA) is 100 Å². The fraction of sp³-hybridized carbons (Fsp3) is 0.710. The zero-order valence-electron chi connectivity index (χ0n) is 24.0. The van der Waals surface area contributed by atoms with Gasteiger partial charge in [0, 0.05) is 13.5 Å². The minimum atomic E-state index is -0.216. The molecule has 40 heavy (non-hydrogen) atoms. The molecule has 0 radical (unpaired) electrons. The summed E-state index contributed by atoms with van der Waals surface area (Å²) >= 11 is 0. The lowest BCUT2D eigenvalue weighted by molar-refractivity contribution is -0.147. The van der Waals surface area contributed by atoms with E-state index in [4.69, 9.17) is 23.5 Å². The zero-order chi connectivity index (χ0) is 27.9. The standard InChI is InChI=1S/C31H44N2O7/c1-21(34)37-19-23-8-12-26(13-9-23)39-27-4-3-5-28-29(27)30(32-40-28)38-20-24-14-16-33(17-15-24)18-22-6-10-25(11-7-22)31(35)36-2/h3-5,22-26H,6-20H2,1-2H3/t22-,23-,25-,26+. The highest BCUT2D eigenvalue weighted by Gasteiger charge is 2.30. The monoisotopic (exact) mass is 556 g/mol. The van der Waals surface area contributed by atoms with Crippen LogP contribution in [0.2, 0.25) is 0 Å². The molecule has 9 heteroatoms. The van der Waals surface area contributed by atoms with E-state index in [9.17, 15) is 9.59 Å². The van der Waals surface area contributed by atoms with Crippen LogP contribution in [-0.2, 0) is 19.1 Å². The fourth-order valence-corrected chi connectivity index (χ4v) is 6.61. The van der Waals surface area contributed by atoms with Crippen molar-refractivity contribution in [3.05, 3.63) is 18.2 Å². The Hall–Kier alpha value is -2.81. The van der Waals surface area contributed by atoms with Crippen LogP contribution in [-0.4, -0.2) is 68.1 Å². The number of carbonyl (C=O) groups is 2. The Balaban J connectivity index is 1.07. The molecule has 1 aromatic heterocycles. The van der Waals surface area contributed by atoms with E-state index in [-0.39, 0.29) is 24.0 Å². The Morgan fingerprint density at radius 3 is 2.33 bits per heavy atom. The van der Waals surface area contributed by atoms with Crippen LogP contribution >= 0.6 is 0 Å². The first-order chi connectivity index (χ1) is 19.5. The molecule has 2 aromatic rings. The van der Waals surface area contributed by atoms with E-state index in [1.54, 1.807) is 0 Å². The number of benzene rings is 1. The van der Waals surface area contributed by atoms with Crippen LogP contribution in [0.4, 0.5) is 0 Å². The van der Waals surface area contributed by atoms with Crippen LogP contribution in [0, 0.1) is 23.7 Å². The lowest BCUT2D eigenvalue weighted by atomic mass is 9.81. The van der Waals surface area contributed by atoms with E-state index >= 15 is 0 Å². The van der Waals surface area contributed by atoms with Crippen LogP contribution in [0.5, 0.6) is 11.6 Å². The predicted molar refractivity (Wildman–Crippen MR) is 149 cm³/mol. The largest absolute Gasteiger partial charge is 0.489 e. The van der Waals surface area contributed by atoms with Crippen molar-refractivity contribution < 1.29 is 33.1 Å². The molecule has 3 fully saturated rings. The predicted octanol–water partition coefficient (Wildman–Crippen LogP) is 5.40. The van der Waals surface area contributed by atoms with Gasteiger partial charge in [0.2, 0.25) is 0 Å². The SMILES string of the molecule is COC(=O)[C@H]1CC[C@H](CN2CCC(COc3noc4cccc(O[C@H]5CC[C@@H](COC(C)=O)CC5)c34)CC2)CC1. The summed E-state index contributed by atoms with van der Waals surface area (Å²) in [6.45, 7) is 5.87. The summed E-state index contributed by atoms with van der Waals surface area (Å²) in [6, 6.07) is 5.79. The maximum absolute atomic E-state index is 11.8. The van der Waals surface area contributed by atoms with Crippen molar-refractivity contribution in [1.29, 1.82) is 0 Å². The second-order valence-corrected chi connectivity index (χ2v) is 12.0. The molecule has 1 saturated heterocycles. The molecule has 9 nitrogen and oxygen atoms in total. The first-order valence-corrected chi connectivity index (χ1v) is 15.1. The molecule has 0 N–H and O–H groups in total. The van der Waals surface area contributed by atoms with Gasteiger partial charge >= 0.3 is 11.9 Å². The van der Waals surface area contributed by atoms with E-state index < -0.39 is 0 Å². The quantitative estimate of drug-likeness (QED) is 0.356. The summed E-state index contributed by atoms with van der Waals surface area (Å²) in [5.74, 6) is 2.67. The molecule has 0 spiro atoms. The molecule has 5 rings (SSSR count). The lowest BCUT2D eigenvalue weighted by Crippen LogP contribution is -2.39. The number of piperidine rings is 1.